The summed E-state index contributed by atoms with van der Waals surface area (Å²) in [6, 6.07) is 7.95. The van der Waals surface area contributed by atoms with Crippen molar-refractivity contribution in [2.24, 2.45) is 5.41 Å². The lowest BCUT2D eigenvalue weighted by molar-refractivity contribution is -0.136. The second-order valence-electron chi connectivity index (χ2n) is 7.60. The molecule has 2 aliphatic heterocycles. The van der Waals surface area contributed by atoms with Crippen LogP contribution in [-0.4, -0.2) is 77.1 Å². The van der Waals surface area contributed by atoms with E-state index < -0.39 is 5.41 Å². The molecule has 2 fully saturated rings. The van der Waals surface area contributed by atoms with Crippen LogP contribution in [0.2, 0.25) is 0 Å². The molecule has 2 aliphatic rings. The standard InChI is InChI=1S/C21H33N3O4.2ClH/c1-26-17-21(5-7-22-8-6-21)20(25)23-16-18-3-2-4-19(15-18)28-14-11-24-9-12-27-13-10-24;;/h2-4,15,22H,5-14,16-17H2,1H3,(H,23,25);2*1H. The van der Waals surface area contributed by atoms with Crippen LogP contribution < -0.4 is 15.4 Å². The van der Waals surface area contributed by atoms with Crippen LogP contribution in [0.1, 0.15) is 18.4 Å². The molecule has 172 valence electrons. The largest absolute Gasteiger partial charge is 0.492 e. The highest BCUT2D eigenvalue weighted by Crippen LogP contribution is 2.29. The zero-order valence-corrected chi connectivity index (χ0v) is 19.3. The fourth-order valence-corrected chi connectivity index (χ4v) is 3.85. The third-order valence-corrected chi connectivity index (χ3v) is 5.59. The van der Waals surface area contributed by atoms with Crippen molar-refractivity contribution < 1.29 is 19.0 Å². The van der Waals surface area contributed by atoms with Gasteiger partial charge in [-0.15, -0.1) is 24.8 Å². The van der Waals surface area contributed by atoms with Gasteiger partial charge in [0.15, 0.2) is 0 Å². The van der Waals surface area contributed by atoms with Crippen LogP contribution in [0.25, 0.3) is 0 Å². The maximum absolute atomic E-state index is 12.8. The normalized spacial score (nSPS) is 18.6. The van der Waals surface area contributed by atoms with Gasteiger partial charge < -0.3 is 24.8 Å². The first-order chi connectivity index (χ1) is 13.7. The molecule has 0 spiro atoms. The van der Waals surface area contributed by atoms with Crippen LogP contribution in [0.5, 0.6) is 5.75 Å². The Morgan fingerprint density at radius 1 is 1.23 bits per heavy atom. The summed E-state index contributed by atoms with van der Waals surface area (Å²) in [6.07, 6.45) is 1.61. The highest BCUT2D eigenvalue weighted by Gasteiger charge is 2.39. The second kappa shape index (κ2) is 14.1. The third kappa shape index (κ3) is 7.87. The van der Waals surface area contributed by atoms with E-state index in [1.165, 1.54) is 0 Å². The molecule has 0 aliphatic carbocycles. The zero-order chi connectivity index (χ0) is 19.7. The van der Waals surface area contributed by atoms with Gasteiger partial charge >= 0.3 is 0 Å². The van der Waals surface area contributed by atoms with Crippen LogP contribution >= 0.6 is 24.8 Å². The average molecular weight is 464 g/mol. The number of ether oxygens (including phenoxy) is 3. The van der Waals surface area contributed by atoms with Gasteiger partial charge in [-0.25, -0.2) is 0 Å². The molecule has 0 aromatic heterocycles. The molecule has 3 rings (SSSR count). The number of nitrogens with zero attached hydrogens (tertiary/aromatic N) is 1. The summed E-state index contributed by atoms with van der Waals surface area (Å²) in [6.45, 7) is 7.75. The molecular formula is C21H35Cl2N3O4. The molecule has 1 aromatic rings. The molecule has 30 heavy (non-hydrogen) atoms. The Hall–Kier alpha value is -1.09. The van der Waals surface area contributed by atoms with Crippen LogP contribution in [0.15, 0.2) is 24.3 Å². The number of methoxy groups -OCH3 is 1. The van der Waals surface area contributed by atoms with Gasteiger partial charge in [-0.2, -0.15) is 0 Å². The summed E-state index contributed by atoms with van der Waals surface area (Å²) in [4.78, 5) is 15.2. The monoisotopic (exact) mass is 463 g/mol. The van der Waals surface area contributed by atoms with Crippen molar-refractivity contribution >= 4 is 30.7 Å². The van der Waals surface area contributed by atoms with Gasteiger partial charge in [-0.05, 0) is 43.6 Å². The van der Waals surface area contributed by atoms with Crippen LogP contribution in [0.3, 0.4) is 0 Å². The second-order valence-corrected chi connectivity index (χ2v) is 7.60. The Morgan fingerprint density at radius 3 is 2.67 bits per heavy atom. The third-order valence-electron chi connectivity index (χ3n) is 5.59. The summed E-state index contributed by atoms with van der Waals surface area (Å²) in [5, 5.41) is 6.42. The van der Waals surface area contributed by atoms with Crippen LogP contribution in [0, 0.1) is 5.41 Å². The summed E-state index contributed by atoms with van der Waals surface area (Å²) >= 11 is 0. The van der Waals surface area contributed by atoms with Gasteiger partial charge in [0.05, 0.1) is 25.2 Å². The fourth-order valence-electron chi connectivity index (χ4n) is 3.85. The molecular weight excluding hydrogens is 429 g/mol. The van der Waals surface area contributed by atoms with Crippen molar-refractivity contribution in [3.05, 3.63) is 29.8 Å². The molecule has 2 heterocycles. The summed E-state index contributed by atoms with van der Waals surface area (Å²) in [7, 11) is 1.66. The summed E-state index contributed by atoms with van der Waals surface area (Å²) in [5.74, 6) is 0.919. The highest BCUT2D eigenvalue weighted by atomic mass is 35.5. The average Bonchev–Trinajstić information content (AvgIpc) is 2.74. The minimum atomic E-state index is -0.424. The van der Waals surface area contributed by atoms with Crippen molar-refractivity contribution in [3.8, 4) is 5.75 Å². The molecule has 0 saturated carbocycles. The molecule has 1 amide bonds. The lowest BCUT2D eigenvalue weighted by Crippen LogP contribution is -2.49. The SMILES string of the molecule is COCC1(C(=O)NCc2cccc(OCCN3CCOCC3)c2)CCNCC1.Cl.Cl. The van der Waals surface area contributed by atoms with E-state index in [1.807, 2.05) is 24.3 Å². The predicted molar refractivity (Wildman–Crippen MR) is 122 cm³/mol. The lowest BCUT2D eigenvalue weighted by Gasteiger charge is -2.35. The molecule has 0 bridgehead atoms. The number of hydrogen-bond acceptors (Lipinski definition) is 6. The van der Waals surface area contributed by atoms with E-state index in [-0.39, 0.29) is 30.7 Å². The quantitative estimate of drug-likeness (QED) is 0.582. The number of morpholine rings is 1. The Labute approximate surface area is 192 Å². The van der Waals surface area contributed by atoms with Crippen LogP contribution in [-0.2, 0) is 20.8 Å². The van der Waals surface area contributed by atoms with Gasteiger partial charge in [0.1, 0.15) is 12.4 Å². The fraction of sp³-hybridized carbons (Fsp3) is 0.667. The van der Waals surface area contributed by atoms with E-state index in [1.54, 1.807) is 7.11 Å². The van der Waals surface area contributed by atoms with E-state index in [9.17, 15) is 4.79 Å². The van der Waals surface area contributed by atoms with Gasteiger partial charge in [-0.1, -0.05) is 12.1 Å². The minimum Gasteiger partial charge on any atom is -0.492 e. The molecule has 7 nitrogen and oxygen atoms in total. The van der Waals surface area contributed by atoms with E-state index in [0.29, 0.717) is 19.8 Å². The van der Waals surface area contributed by atoms with Crippen LogP contribution in [0.4, 0.5) is 0 Å². The Bertz CT molecular complexity index is 619. The first-order valence-electron chi connectivity index (χ1n) is 10.2. The first kappa shape index (κ1) is 26.9. The number of nitrogens with one attached hydrogen (secondary N) is 2. The Balaban J connectivity index is 0.00000225. The molecule has 1 aromatic carbocycles. The first-order valence-corrected chi connectivity index (χ1v) is 10.2. The minimum absolute atomic E-state index is 0. The predicted octanol–water partition coefficient (Wildman–Crippen LogP) is 1.87. The van der Waals surface area contributed by atoms with Gasteiger partial charge in [-0.3, -0.25) is 9.69 Å². The van der Waals surface area contributed by atoms with Crippen molar-refractivity contribution in [2.75, 3.05) is 66.3 Å². The van der Waals surface area contributed by atoms with E-state index in [2.05, 4.69) is 15.5 Å². The maximum Gasteiger partial charge on any atom is 0.228 e. The smallest absolute Gasteiger partial charge is 0.228 e. The van der Waals surface area contributed by atoms with E-state index in [4.69, 9.17) is 14.2 Å². The van der Waals surface area contributed by atoms with Crippen molar-refractivity contribution in [3.63, 3.8) is 0 Å². The number of rotatable bonds is 9. The lowest BCUT2D eigenvalue weighted by atomic mass is 9.78. The van der Waals surface area contributed by atoms with Gasteiger partial charge in [0.2, 0.25) is 5.91 Å². The van der Waals surface area contributed by atoms with Crippen molar-refractivity contribution in [1.82, 2.24) is 15.5 Å². The topological polar surface area (TPSA) is 72.1 Å². The number of hydrogen-bond donors (Lipinski definition) is 2. The molecule has 0 atom stereocenters. The molecule has 2 N–H and O–H groups in total. The van der Waals surface area contributed by atoms with Gasteiger partial charge in [0, 0.05) is 33.3 Å². The summed E-state index contributed by atoms with van der Waals surface area (Å²) < 4.78 is 16.6. The Morgan fingerprint density at radius 2 is 1.97 bits per heavy atom. The molecule has 0 radical (unpaired) electrons. The highest BCUT2D eigenvalue weighted by molar-refractivity contribution is 5.85. The number of carbonyl (C=O) groups excluding carboxylic acids is 1. The molecule has 9 heteroatoms. The molecule has 2 saturated heterocycles. The number of benzene rings is 1. The van der Waals surface area contributed by atoms with E-state index in [0.717, 1.165) is 70.1 Å². The number of amides is 1. The molecule has 0 unspecified atom stereocenters. The number of carbonyl (C=O) groups is 1. The zero-order valence-electron chi connectivity index (χ0n) is 17.7. The van der Waals surface area contributed by atoms with Crippen molar-refractivity contribution in [1.29, 1.82) is 0 Å². The summed E-state index contributed by atoms with van der Waals surface area (Å²) in [5.41, 5.74) is 0.616. The maximum atomic E-state index is 12.8. The number of piperidine rings is 1. The number of halogens is 2. The van der Waals surface area contributed by atoms with Crippen molar-refractivity contribution in [2.45, 2.75) is 19.4 Å². The Kier molecular flexibility index (Phi) is 12.6. The van der Waals surface area contributed by atoms with Gasteiger partial charge in [0.25, 0.3) is 0 Å². The van der Waals surface area contributed by atoms with E-state index >= 15 is 0 Å².